The van der Waals surface area contributed by atoms with Gasteiger partial charge in [-0.05, 0) is 25.7 Å². The number of ether oxygens (including phenoxy) is 1. The van der Waals surface area contributed by atoms with Crippen LogP contribution in [0.1, 0.15) is 58.3 Å². The Morgan fingerprint density at radius 1 is 1.15 bits per heavy atom. The number of carbonyl (C=O) groups excluding carboxylic acids is 2. The first-order valence-electron chi connectivity index (χ1n) is 7.49. The first kappa shape index (κ1) is 15.3. The standard InChI is InChI=1S/C14H24N2O4/c1-11(17)15-14(8-4-2-5-9-14)13(18)16-20-12-7-3-6-10-19-12/h12H,2-10H2,1H3,(H,15,17)(H,16,18)/t12-/m1/s1. The average molecular weight is 284 g/mol. The van der Waals surface area contributed by atoms with Gasteiger partial charge in [-0.2, -0.15) is 0 Å². The van der Waals surface area contributed by atoms with Crippen LogP contribution in [0.5, 0.6) is 0 Å². The van der Waals surface area contributed by atoms with Gasteiger partial charge in [0.25, 0.3) is 5.91 Å². The monoisotopic (exact) mass is 284 g/mol. The minimum absolute atomic E-state index is 0.184. The molecule has 0 aromatic heterocycles. The number of nitrogens with one attached hydrogen (secondary N) is 2. The van der Waals surface area contributed by atoms with Gasteiger partial charge < -0.3 is 10.1 Å². The van der Waals surface area contributed by atoms with E-state index >= 15 is 0 Å². The minimum atomic E-state index is -0.821. The summed E-state index contributed by atoms with van der Waals surface area (Å²) in [5, 5.41) is 2.81. The molecular formula is C14H24N2O4. The summed E-state index contributed by atoms with van der Waals surface area (Å²) < 4.78 is 5.41. The fourth-order valence-corrected chi connectivity index (χ4v) is 2.92. The van der Waals surface area contributed by atoms with Gasteiger partial charge in [-0.1, -0.05) is 19.3 Å². The molecule has 114 valence electrons. The largest absolute Gasteiger partial charge is 0.350 e. The summed E-state index contributed by atoms with van der Waals surface area (Å²) in [5.41, 5.74) is 1.67. The maximum absolute atomic E-state index is 12.4. The van der Waals surface area contributed by atoms with E-state index in [-0.39, 0.29) is 18.1 Å². The van der Waals surface area contributed by atoms with Crippen LogP contribution in [-0.2, 0) is 19.2 Å². The number of hydrogen-bond donors (Lipinski definition) is 2. The Kier molecular flexibility index (Phi) is 5.37. The van der Waals surface area contributed by atoms with Crippen LogP contribution in [0.3, 0.4) is 0 Å². The molecule has 1 aliphatic heterocycles. The zero-order chi connectivity index (χ0) is 14.4. The number of amides is 2. The van der Waals surface area contributed by atoms with E-state index in [1.807, 2.05) is 0 Å². The highest BCUT2D eigenvalue weighted by atomic mass is 16.8. The molecular weight excluding hydrogens is 260 g/mol. The summed E-state index contributed by atoms with van der Waals surface area (Å²) in [7, 11) is 0. The van der Waals surface area contributed by atoms with E-state index in [4.69, 9.17) is 9.57 Å². The van der Waals surface area contributed by atoms with Crippen LogP contribution in [-0.4, -0.2) is 30.3 Å². The Morgan fingerprint density at radius 3 is 2.50 bits per heavy atom. The quantitative estimate of drug-likeness (QED) is 0.765. The predicted molar refractivity (Wildman–Crippen MR) is 72.5 cm³/mol. The van der Waals surface area contributed by atoms with Crippen molar-refractivity contribution in [2.75, 3.05) is 6.61 Å². The second-order valence-corrected chi connectivity index (χ2v) is 5.67. The number of rotatable bonds is 4. The first-order chi connectivity index (χ1) is 9.62. The van der Waals surface area contributed by atoms with Crippen LogP contribution >= 0.6 is 0 Å². The highest BCUT2D eigenvalue weighted by molar-refractivity contribution is 5.90. The second-order valence-electron chi connectivity index (χ2n) is 5.67. The minimum Gasteiger partial charge on any atom is -0.350 e. The molecule has 0 radical (unpaired) electrons. The molecule has 0 aromatic rings. The van der Waals surface area contributed by atoms with Crippen molar-refractivity contribution in [2.24, 2.45) is 0 Å². The van der Waals surface area contributed by atoms with Gasteiger partial charge in [0.1, 0.15) is 5.54 Å². The number of carbonyl (C=O) groups is 2. The van der Waals surface area contributed by atoms with Crippen molar-refractivity contribution in [1.82, 2.24) is 10.8 Å². The Morgan fingerprint density at radius 2 is 1.90 bits per heavy atom. The molecule has 2 N–H and O–H groups in total. The Labute approximate surface area is 119 Å². The van der Waals surface area contributed by atoms with Crippen LogP contribution in [0, 0.1) is 0 Å². The van der Waals surface area contributed by atoms with E-state index in [0.29, 0.717) is 19.4 Å². The maximum atomic E-state index is 12.4. The number of hydroxylamine groups is 1. The molecule has 6 heteroatoms. The van der Waals surface area contributed by atoms with E-state index in [9.17, 15) is 9.59 Å². The van der Waals surface area contributed by atoms with E-state index in [1.165, 1.54) is 6.92 Å². The Balaban J connectivity index is 1.90. The SMILES string of the molecule is CC(=O)NC1(C(=O)NO[C@@H]2CCCCO2)CCCCC1. The summed E-state index contributed by atoms with van der Waals surface area (Å²) >= 11 is 0. The molecule has 2 amide bonds. The topological polar surface area (TPSA) is 76.7 Å². The highest BCUT2D eigenvalue weighted by Crippen LogP contribution is 2.28. The van der Waals surface area contributed by atoms with Crippen molar-refractivity contribution in [3.63, 3.8) is 0 Å². The summed E-state index contributed by atoms with van der Waals surface area (Å²) in [6, 6.07) is 0. The van der Waals surface area contributed by atoms with Crippen LogP contribution in [0.4, 0.5) is 0 Å². The molecule has 1 saturated carbocycles. The van der Waals surface area contributed by atoms with Crippen LogP contribution in [0.15, 0.2) is 0 Å². The van der Waals surface area contributed by atoms with Crippen molar-refractivity contribution in [3.05, 3.63) is 0 Å². The molecule has 1 atom stereocenters. The first-order valence-corrected chi connectivity index (χ1v) is 7.49. The van der Waals surface area contributed by atoms with Crippen LogP contribution < -0.4 is 10.8 Å². The predicted octanol–water partition coefficient (Wildman–Crippen LogP) is 1.40. The van der Waals surface area contributed by atoms with E-state index in [2.05, 4.69) is 10.8 Å². The lowest BCUT2D eigenvalue weighted by Crippen LogP contribution is -2.59. The van der Waals surface area contributed by atoms with Gasteiger partial charge in [-0.3, -0.25) is 9.59 Å². The maximum Gasteiger partial charge on any atom is 0.269 e. The summed E-state index contributed by atoms with van der Waals surface area (Å²) in [5.74, 6) is -0.447. The molecule has 20 heavy (non-hydrogen) atoms. The summed E-state index contributed by atoms with van der Waals surface area (Å²) in [6.07, 6.45) is 6.78. The van der Waals surface area contributed by atoms with Gasteiger partial charge in [-0.15, -0.1) is 0 Å². The van der Waals surface area contributed by atoms with Crippen molar-refractivity contribution >= 4 is 11.8 Å². The molecule has 6 nitrogen and oxygen atoms in total. The molecule has 2 fully saturated rings. The van der Waals surface area contributed by atoms with E-state index in [0.717, 1.165) is 38.5 Å². The average Bonchev–Trinajstić information content (AvgIpc) is 2.46. The van der Waals surface area contributed by atoms with Crippen LogP contribution in [0.25, 0.3) is 0 Å². The van der Waals surface area contributed by atoms with Gasteiger partial charge in [0.2, 0.25) is 5.91 Å². The molecule has 2 aliphatic rings. The number of hydrogen-bond acceptors (Lipinski definition) is 4. The normalized spacial score (nSPS) is 25.8. The van der Waals surface area contributed by atoms with Crippen molar-refractivity contribution < 1.29 is 19.2 Å². The van der Waals surface area contributed by atoms with Gasteiger partial charge in [-0.25, -0.2) is 10.3 Å². The Hall–Kier alpha value is -1.14. The second kappa shape index (κ2) is 7.04. The third kappa shape index (κ3) is 3.93. The third-order valence-corrected chi connectivity index (χ3v) is 3.98. The van der Waals surface area contributed by atoms with Gasteiger partial charge in [0, 0.05) is 20.0 Å². The van der Waals surface area contributed by atoms with Crippen LogP contribution in [0.2, 0.25) is 0 Å². The smallest absolute Gasteiger partial charge is 0.269 e. The molecule has 0 bridgehead atoms. The fraction of sp³-hybridized carbons (Fsp3) is 0.857. The lowest BCUT2D eigenvalue weighted by molar-refractivity contribution is -0.203. The zero-order valence-corrected chi connectivity index (χ0v) is 12.1. The fourth-order valence-electron chi connectivity index (χ4n) is 2.92. The third-order valence-electron chi connectivity index (χ3n) is 3.98. The van der Waals surface area contributed by atoms with Gasteiger partial charge >= 0.3 is 0 Å². The summed E-state index contributed by atoms with van der Waals surface area (Å²) in [4.78, 5) is 29.1. The van der Waals surface area contributed by atoms with Gasteiger partial charge in [0.15, 0.2) is 6.29 Å². The van der Waals surface area contributed by atoms with Crippen molar-refractivity contribution in [1.29, 1.82) is 0 Å². The van der Waals surface area contributed by atoms with Gasteiger partial charge in [0.05, 0.1) is 0 Å². The molecule has 0 unspecified atom stereocenters. The lowest BCUT2D eigenvalue weighted by atomic mass is 9.81. The van der Waals surface area contributed by atoms with Crippen molar-refractivity contribution in [2.45, 2.75) is 70.1 Å². The molecule has 1 heterocycles. The molecule has 0 aromatic carbocycles. The highest BCUT2D eigenvalue weighted by Gasteiger charge is 2.40. The molecule has 1 saturated heterocycles. The zero-order valence-electron chi connectivity index (χ0n) is 12.1. The van der Waals surface area contributed by atoms with E-state index in [1.54, 1.807) is 0 Å². The molecule has 1 aliphatic carbocycles. The summed E-state index contributed by atoms with van der Waals surface area (Å²) in [6.45, 7) is 2.10. The molecule has 2 rings (SSSR count). The lowest BCUT2D eigenvalue weighted by Gasteiger charge is -2.36. The Bertz CT molecular complexity index is 347. The van der Waals surface area contributed by atoms with Crippen molar-refractivity contribution in [3.8, 4) is 0 Å². The molecule has 0 spiro atoms. The van der Waals surface area contributed by atoms with E-state index < -0.39 is 5.54 Å².